The van der Waals surface area contributed by atoms with Crippen molar-refractivity contribution in [1.29, 1.82) is 0 Å². The van der Waals surface area contributed by atoms with Gasteiger partial charge in [0.25, 0.3) is 5.91 Å². The van der Waals surface area contributed by atoms with E-state index in [1.54, 1.807) is 11.8 Å². The molecule has 0 radical (unpaired) electrons. The van der Waals surface area contributed by atoms with Crippen LogP contribution in [0, 0.1) is 5.92 Å². The van der Waals surface area contributed by atoms with Crippen LogP contribution in [0.5, 0.6) is 0 Å². The summed E-state index contributed by atoms with van der Waals surface area (Å²) in [5, 5.41) is 12.6. The number of hydrogen-bond donors (Lipinski definition) is 2. The molecule has 2 rings (SSSR count). The maximum Gasteiger partial charge on any atom is 0.251 e. The molecule has 0 aromatic heterocycles. The van der Waals surface area contributed by atoms with Gasteiger partial charge >= 0.3 is 0 Å². The molecule has 0 saturated heterocycles. The molecule has 2 N–H and O–H groups in total. The number of hydrogen-bond acceptors (Lipinski definition) is 3. The standard InChI is InChI=1S/C15H21NO2S/c1-19-10-11-5-7-12(8-6-11)15(18)16-9-13-3-2-4-14(13)17/h5-8,13-14,17H,2-4,9-10H2,1H3,(H,16,18). The van der Waals surface area contributed by atoms with E-state index in [1.165, 1.54) is 5.56 Å². The topological polar surface area (TPSA) is 49.3 Å². The summed E-state index contributed by atoms with van der Waals surface area (Å²) in [6.45, 7) is 0.576. The van der Waals surface area contributed by atoms with E-state index in [-0.39, 0.29) is 17.9 Å². The van der Waals surface area contributed by atoms with Crippen molar-refractivity contribution in [3.8, 4) is 0 Å². The Morgan fingerprint density at radius 2 is 2.11 bits per heavy atom. The molecular weight excluding hydrogens is 258 g/mol. The number of rotatable bonds is 5. The van der Waals surface area contributed by atoms with Crippen molar-refractivity contribution in [3.05, 3.63) is 35.4 Å². The van der Waals surface area contributed by atoms with Gasteiger partial charge in [-0.15, -0.1) is 0 Å². The number of aliphatic hydroxyl groups excluding tert-OH is 1. The number of amides is 1. The molecule has 1 aliphatic rings. The van der Waals surface area contributed by atoms with Gasteiger partial charge in [0.1, 0.15) is 0 Å². The summed E-state index contributed by atoms with van der Waals surface area (Å²) in [5.41, 5.74) is 1.92. The van der Waals surface area contributed by atoms with Gasteiger partial charge in [-0.25, -0.2) is 0 Å². The highest BCUT2D eigenvalue weighted by atomic mass is 32.2. The molecule has 1 saturated carbocycles. The molecule has 2 atom stereocenters. The molecule has 104 valence electrons. The summed E-state index contributed by atoms with van der Waals surface area (Å²) in [7, 11) is 0. The van der Waals surface area contributed by atoms with Gasteiger partial charge in [-0.05, 0) is 36.8 Å². The molecule has 1 fully saturated rings. The summed E-state index contributed by atoms with van der Waals surface area (Å²) in [5.74, 6) is 1.14. The second-order valence-corrected chi connectivity index (χ2v) is 5.96. The van der Waals surface area contributed by atoms with Gasteiger partial charge < -0.3 is 10.4 Å². The highest BCUT2D eigenvalue weighted by molar-refractivity contribution is 7.97. The van der Waals surface area contributed by atoms with Crippen LogP contribution in [-0.2, 0) is 5.75 Å². The number of benzene rings is 1. The van der Waals surface area contributed by atoms with Crippen LogP contribution in [0.2, 0.25) is 0 Å². The first-order valence-electron chi connectivity index (χ1n) is 6.75. The highest BCUT2D eigenvalue weighted by Crippen LogP contribution is 2.24. The molecule has 1 aromatic rings. The number of nitrogens with one attached hydrogen (secondary N) is 1. The van der Waals surface area contributed by atoms with E-state index >= 15 is 0 Å². The average molecular weight is 279 g/mol. The summed E-state index contributed by atoms with van der Waals surface area (Å²) in [6, 6.07) is 7.73. The Morgan fingerprint density at radius 3 is 2.68 bits per heavy atom. The summed E-state index contributed by atoms with van der Waals surface area (Å²) >= 11 is 1.77. The summed E-state index contributed by atoms with van der Waals surface area (Å²) < 4.78 is 0. The Bertz CT molecular complexity index is 419. The van der Waals surface area contributed by atoms with Gasteiger partial charge in [0.2, 0.25) is 0 Å². The molecular formula is C15H21NO2S. The first-order valence-corrected chi connectivity index (χ1v) is 8.14. The summed E-state index contributed by atoms with van der Waals surface area (Å²) in [6.07, 6.45) is 4.75. The van der Waals surface area contributed by atoms with Crippen molar-refractivity contribution in [1.82, 2.24) is 5.32 Å². The fourth-order valence-electron chi connectivity index (χ4n) is 2.50. The third-order valence-corrected chi connectivity index (χ3v) is 4.29. The molecule has 0 bridgehead atoms. The summed E-state index contributed by atoms with van der Waals surface area (Å²) in [4.78, 5) is 12.0. The predicted octanol–water partition coefficient (Wildman–Crippen LogP) is 2.44. The number of thioether (sulfide) groups is 1. The molecule has 1 amide bonds. The lowest BCUT2D eigenvalue weighted by atomic mass is 10.1. The predicted molar refractivity (Wildman–Crippen MR) is 79.3 cm³/mol. The number of carbonyl (C=O) groups excluding carboxylic acids is 1. The average Bonchev–Trinajstić information content (AvgIpc) is 2.83. The largest absolute Gasteiger partial charge is 0.393 e. The maximum absolute atomic E-state index is 12.0. The Labute approximate surface area is 118 Å². The van der Waals surface area contributed by atoms with Gasteiger partial charge in [-0.3, -0.25) is 4.79 Å². The van der Waals surface area contributed by atoms with Crippen molar-refractivity contribution < 1.29 is 9.90 Å². The van der Waals surface area contributed by atoms with E-state index in [0.717, 1.165) is 25.0 Å². The third-order valence-electron chi connectivity index (χ3n) is 3.67. The first kappa shape index (κ1) is 14.4. The van der Waals surface area contributed by atoms with Crippen LogP contribution < -0.4 is 5.32 Å². The Morgan fingerprint density at radius 1 is 1.37 bits per heavy atom. The molecule has 3 nitrogen and oxygen atoms in total. The second kappa shape index (κ2) is 6.96. The molecule has 0 aliphatic heterocycles. The van der Waals surface area contributed by atoms with Crippen molar-refractivity contribution in [2.45, 2.75) is 31.1 Å². The molecule has 0 spiro atoms. The third kappa shape index (κ3) is 3.98. The number of aliphatic hydroxyl groups is 1. The van der Waals surface area contributed by atoms with Gasteiger partial charge in [0.05, 0.1) is 6.10 Å². The Balaban J connectivity index is 1.85. The smallest absolute Gasteiger partial charge is 0.251 e. The molecule has 4 heteroatoms. The van der Waals surface area contributed by atoms with Crippen molar-refractivity contribution in [2.24, 2.45) is 5.92 Å². The first-order chi connectivity index (χ1) is 9.20. The molecule has 19 heavy (non-hydrogen) atoms. The van der Waals surface area contributed by atoms with Crippen molar-refractivity contribution in [2.75, 3.05) is 12.8 Å². The van der Waals surface area contributed by atoms with Crippen LogP contribution in [0.15, 0.2) is 24.3 Å². The lowest BCUT2D eigenvalue weighted by molar-refractivity contribution is 0.0917. The minimum atomic E-state index is -0.246. The van der Waals surface area contributed by atoms with Gasteiger partial charge in [0, 0.05) is 23.8 Å². The van der Waals surface area contributed by atoms with E-state index in [4.69, 9.17) is 0 Å². The van der Waals surface area contributed by atoms with Crippen LogP contribution in [-0.4, -0.2) is 29.9 Å². The highest BCUT2D eigenvalue weighted by Gasteiger charge is 2.25. The van der Waals surface area contributed by atoms with E-state index in [0.29, 0.717) is 12.1 Å². The normalized spacial score (nSPS) is 22.4. The van der Waals surface area contributed by atoms with Gasteiger partial charge in [-0.2, -0.15) is 11.8 Å². The van der Waals surface area contributed by atoms with Crippen LogP contribution in [0.1, 0.15) is 35.2 Å². The fraction of sp³-hybridized carbons (Fsp3) is 0.533. The van der Waals surface area contributed by atoms with Gasteiger partial charge in [-0.1, -0.05) is 18.6 Å². The molecule has 1 aromatic carbocycles. The van der Waals surface area contributed by atoms with E-state index in [9.17, 15) is 9.90 Å². The van der Waals surface area contributed by atoms with Gasteiger partial charge in [0.15, 0.2) is 0 Å². The van der Waals surface area contributed by atoms with Crippen LogP contribution in [0.3, 0.4) is 0 Å². The maximum atomic E-state index is 12.0. The SMILES string of the molecule is CSCc1ccc(C(=O)NCC2CCCC2O)cc1. The van der Waals surface area contributed by atoms with E-state index < -0.39 is 0 Å². The quantitative estimate of drug-likeness (QED) is 0.870. The van der Waals surface area contributed by atoms with Crippen LogP contribution in [0.25, 0.3) is 0 Å². The fourth-order valence-corrected chi connectivity index (χ4v) is 3.03. The Hall–Kier alpha value is -1.00. The number of carbonyl (C=O) groups is 1. The monoisotopic (exact) mass is 279 g/mol. The van der Waals surface area contributed by atoms with Crippen LogP contribution in [0.4, 0.5) is 0 Å². The zero-order chi connectivity index (χ0) is 13.7. The van der Waals surface area contributed by atoms with E-state index in [1.807, 2.05) is 24.3 Å². The van der Waals surface area contributed by atoms with Crippen molar-refractivity contribution >= 4 is 17.7 Å². The zero-order valence-electron chi connectivity index (χ0n) is 11.3. The minimum Gasteiger partial charge on any atom is -0.393 e. The Kier molecular flexibility index (Phi) is 5.28. The molecule has 2 unspecified atom stereocenters. The van der Waals surface area contributed by atoms with Crippen molar-refractivity contribution in [3.63, 3.8) is 0 Å². The lowest BCUT2D eigenvalue weighted by Gasteiger charge is -2.15. The second-order valence-electron chi connectivity index (χ2n) is 5.10. The molecule has 1 aliphatic carbocycles. The van der Waals surface area contributed by atoms with E-state index in [2.05, 4.69) is 11.6 Å². The molecule has 0 heterocycles. The van der Waals surface area contributed by atoms with Crippen LogP contribution >= 0.6 is 11.8 Å². The zero-order valence-corrected chi connectivity index (χ0v) is 12.1. The minimum absolute atomic E-state index is 0.0465. The lowest BCUT2D eigenvalue weighted by Crippen LogP contribution is -2.32.